The second-order valence-corrected chi connectivity index (χ2v) is 34.5. The molecule has 4 N–H and O–H groups in total. The van der Waals surface area contributed by atoms with Crippen molar-refractivity contribution in [3.8, 4) is 0 Å². The molecule has 12 aromatic rings. The third-order valence-electron chi connectivity index (χ3n) is 23.2. The van der Waals surface area contributed by atoms with Gasteiger partial charge in [0, 0.05) is 78.4 Å². The Morgan fingerprint density at radius 3 is 1.14 bits per heavy atom. The minimum atomic E-state index is -0.283. The number of pyridine rings is 2. The number of halogens is 1. The van der Waals surface area contributed by atoms with E-state index in [9.17, 15) is 9.59 Å². The number of quaternary nitrogens is 2. The predicted octanol–water partition coefficient (Wildman–Crippen LogP) is 21.6. The lowest BCUT2D eigenvalue weighted by Crippen LogP contribution is -2.44. The zero-order valence-electron chi connectivity index (χ0n) is 69.7. The van der Waals surface area contributed by atoms with Gasteiger partial charge in [-0.15, -0.1) is 17.0 Å². The summed E-state index contributed by atoms with van der Waals surface area (Å²) in [5.74, 6) is -0.0895. The first kappa shape index (κ1) is 89.2. The number of thiol groups is 1. The molecular weight excluding hydrogens is 1580 g/mol. The van der Waals surface area contributed by atoms with E-state index in [0.29, 0.717) is 25.9 Å². The van der Waals surface area contributed by atoms with Gasteiger partial charge in [-0.2, -0.15) is 9.13 Å². The summed E-state index contributed by atoms with van der Waals surface area (Å²) >= 11 is 7.35. The maximum absolute atomic E-state index is 13.0. The van der Waals surface area contributed by atoms with Gasteiger partial charge in [-0.05, 0) is 164 Å². The maximum Gasteiger partial charge on any atom is 0.325 e. The molecule has 0 unspecified atom stereocenters. The van der Waals surface area contributed by atoms with Gasteiger partial charge in [0.25, 0.3) is 0 Å². The third kappa shape index (κ3) is 23.5. The monoisotopic (exact) mass is 1690 g/mol. The van der Waals surface area contributed by atoms with Gasteiger partial charge in [-0.1, -0.05) is 272 Å². The second kappa shape index (κ2) is 44.5. The number of hydrogen-bond donors (Lipinski definition) is 4. The number of hydrogen-bond acceptors (Lipinski definition) is 10. The molecule has 0 radical (unpaired) electrons. The Morgan fingerprint density at radius 2 is 0.763 bits per heavy atom. The lowest BCUT2D eigenvalue weighted by atomic mass is 9.67. The number of nitrogens with two attached hydrogens (primary N) is 1. The number of unbranched alkanes of at least 4 members (excludes halogenated alkanes) is 4. The van der Waals surface area contributed by atoms with Crippen molar-refractivity contribution in [1.29, 1.82) is 0 Å². The Morgan fingerprint density at radius 1 is 0.424 bits per heavy atom. The summed E-state index contributed by atoms with van der Waals surface area (Å²) < 4.78 is 6.78. The summed E-state index contributed by atoms with van der Waals surface area (Å²) in [5, 5.41) is 8.32. The van der Waals surface area contributed by atoms with E-state index >= 15 is 0 Å². The smallest absolute Gasteiger partial charge is 0.325 e. The van der Waals surface area contributed by atoms with Gasteiger partial charge in [0.15, 0.2) is 25.5 Å². The Balaban J connectivity index is 0.000000191. The molecule has 0 fully saturated rings. The third-order valence-corrected chi connectivity index (χ3v) is 25.6. The Bertz CT molecular complexity index is 5000. The van der Waals surface area contributed by atoms with Gasteiger partial charge in [0.05, 0.1) is 99.4 Å². The molecule has 2 aliphatic rings. The number of nitrogens with one attached hydrogen (secondary N) is 2. The Kier molecular flexibility index (Phi) is 33.6. The van der Waals surface area contributed by atoms with E-state index in [4.69, 9.17) is 5.73 Å². The Hall–Kier alpha value is -9.59. The highest BCUT2D eigenvalue weighted by Gasteiger charge is 2.37. The van der Waals surface area contributed by atoms with E-state index in [1.54, 1.807) is 0 Å². The van der Waals surface area contributed by atoms with Gasteiger partial charge in [0.2, 0.25) is 16.9 Å². The highest BCUT2D eigenvalue weighted by Crippen LogP contribution is 2.48. The first-order valence-electron chi connectivity index (χ1n) is 41.9. The molecule has 612 valence electrons. The van der Waals surface area contributed by atoms with Crippen molar-refractivity contribution >= 4 is 111 Å². The van der Waals surface area contributed by atoms with Crippen LogP contribution in [0.25, 0.3) is 34.0 Å². The number of rotatable bonds is 36. The molecule has 0 bridgehead atoms. The van der Waals surface area contributed by atoms with Crippen molar-refractivity contribution in [2.75, 3.05) is 91.4 Å². The molecule has 0 atom stereocenters. The molecule has 0 spiro atoms. The fourth-order valence-electron chi connectivity index (χ4n) is 16.9. The molecule has 4 heterocycles. The Labute approximate surface area is 726 Å². The number of thioether (sulfide) groups is 2. The molecule has 0 saturated heterocycles. The number of carbonyl (C=O) groups is 2. The zero-order chi connectivity index (χ0) is 81.7. The number of anilines is 2. The molecule has 14 rings (SSSR count). The summed E-state index contributed by atoms with van der Waals surface area (Å²) in [4.78, 5) is 38.3. The molecule has 12 nitrogen and oxygen atoms in total. The van der Waals surface area contributed by atoms with Crippen LogP contribution in [0.4, 0.5) is 11.4 Å². The minimum Gasteiger partial charge on any atom is -0.360 e. The van der Waals surface area contributed by atoms with Crippen molar-refractivity contribution in [2.24, 2.45) is 5.73 Å². The van der Waals surface area contributed by atoms with Gasteiger partial charge in [-0.3, -0.25) is 9.59 Å². The largest absolute Gasteiger partial charge is 0.360 e. The van der Waals surface area contributed by atoms with E-state index < -0.39 is 0 Å². The number of fused-ring (bicyclic) bond motifs is 4. The van der Waals surface area contributed by atoms with Crippen LogP contribution in [0.2, 0.25) is 0 Å². The highest BCUT2D eigenvalue weighted by molar-refractivity contribution is 8.93. The van der Waals surface area contributed by atoms with Crippen molar-refractivity contribution in [2.45, 2.75) is 124 Å². The quantitative estimate of drug-likeness (QED) is 0.00763. The van der Waals surface area contributed by atoms with Crippen molar-refractivity contribution in [3.63, 3.8) is 0 Å². The van der Waals surface area contributed by atoms with Crippen LogP contribution in [-0.2, 0) is 38.3 Å². The van der Waals surface area contributed by atoms with Crippen LogP contribution < -0.4 is 34.9 Å². The van der Waals surface area contributed by atoms with E-state index in [0.717, 1.165) is 125 Å². The molecular formula is C102H120BrN9O3S3+4. The maximum atomic E-state index is 13.0. The van der Waals surface area contributed by atoms with E-state index in [-0.39, 0.29) is 39.7 Å². The molecule has 2 aromatic heterocycles. The number of benzene rings is 10. The fraction of sp³-hybridized carbons (Fsp3) is 0.294. The lowest BCUT2D eigenvalue weighted by molar-refractivity contribution is -0.892. The van der Waals surface area contributed by atoms with Crippen LogP contribution in [0.3, 0.4) is 0 Å². The number of carbonyl (C=O) groups excluding carboxylic acids is 2. The van der Waals surface area contributed by atoms with Crippen molar-refractivity contribution in [1.82, 2.24) is 10.2 Å². The van der Waals surface area contributed by atoms with Crippen LogP contribution in [0.15, 0.2) is 323 Å². The van der Waals surface area contributed by atoms with E-state index in [1.165, 1.54) is 97.5 Å². The molecule has 0 saturated carbocycles. The fourth-order valence-corrected chi connectivity index (χ4v) is 19.2. The molecule has 0 aliphatic carbocycles. The van der Waals surface area contributed by atoms with Crippen LogP contribution in [0.5, 0.6) is 0 Å². The van der Waals surface area contributed by atoms with Crippen LogP contribution in [0, 0.1) is 0 Å². The molecule has 118 heavy (non-hydrogen) atoms. The summed E-state index contributed by atoms with van der Waals surface area (Å²) in [6.07, 6.45) is 22.3. The van der Waals surface area contributed by atoms with Crippen LogP contribution in [0.1, 0.15) is 134 Å². The molecule has 1 amide bonds. The van der Waals surface area contributed by atoms with Gasteiger partial charge in [0.1, 0.15) is 0 Å². The SMILES string of the molecule is Br.CN1/C(=C/c2cc[n+](CCC[N+](C)(C)CCCCCC(=O)NCCCC(c3ccccc3)(c3ccccc3)c3ccccc3)c3ccccc23)Sc2ccccc21.CN1/C(=C/c2cc[n+](CCC[N+](C)(C)CCCCCC(=O)ONS)c3ccccc23)Sc2ccccc21.NCCCC(c1ccccc1)(c1ccccc1)c1ccccc1. The summed E-state index contributed by atoms with van der Waals surface area (Å²) in [5.41, 5.74) is 20.8. The van der Waals surface area contributed by atoms with Crippen LogP contribution >= 0.6 is 53.3 Å². The lowest BCUT2D eigenvalue weighted by Gasteiger charge is -2.36. The first-order chi connectivity index (χ1) is 57.1. The van der Waals surface area contributed by atoms with Gasteiger partial charge >= 0.3 is 5.97 Å². The number of amides is 1. The summed E-state index contributed by atoms with van der Waals surface area (Å²) in [7, 11) is 13.6. The number of para-hydroxylation sites is 4. The highest BCUT2D eigenvalue weighted by atomic mass is 79.9. The normalized spacial score (nSPS) is 13.3. The molecule has 10 aromatic carbocycles. The number of aryl methyl sites for hydroxylation is 2. The van der Waals surface area contributed by atoms with E-state index in [2.05, 4.69) is 405 Å². The standard InChI is InChI=1S/C51H57N4OS.C29H38N4O2S2.C22H23N.BrH/c1-53-47-30-17-18-31-48(47)57-50(53)40-41-33-37-54(46-29-16-15-28-45(41)46)36-21-39-55(2,3)38-19-7-14-32-49(56)52-35-20-34-51(42-22-8-4-9-23-42,43-24-10-5-11-25-43)44-26-12-6-13-27-44;1-31-26-14-8-9-15-27(26)37-28(31)22-23-17-19-32(25-13-7-6-12-24(23)25)18-11-21-33(2,3)20-10-4-5-16-29(34)35-30-36;23-18-10-17-22(19-11-4-1-5-12-19,20-13-6-2-7-14-20)21-15-8-3-9-16-21;/h4-6,8-13,15-18,22-31,33,37,40H,7,14,19-21,32,34-36,38-39H2,1-3H3;6-9,12-15,17,19,22,30,36H,4-5,10-11,16,18,20-21H2,1-3H3;1-9,11-16H,10,17-18,23H2;1H/q+1;+2;;/p+1. The van der Waals surface area contributed by atoms with Gasteiger partial charge < -0.3 is 34.7 Å². The number of aromatic nitrogens is 2. The summed E-state index contributed by atoms with van der Waals surface area (Å²) in [6, 6.07) is 104. The predicted molar refractivity (Wildman–Crippen MR) is 503 cm³/mol. The van der Waals surface area contributed by atoms with Crippen LogP contribution in [-0.4, -0.2) is 102 Å². The van der Waals surface area contributed by atoms with E-state index in [1.807, 2.05) is 23.5 Å². The zero-order valence-corrected chi connectivity index (χ0v) is 74.0. The minimum absolute atomic E-state index is 0. The molecule has 2 aliphatic heterocycles. The first-order valence-corrected chi connectivity index (χ1v) is 44.0. The second-order valence-electron chi connectivity index (χ2n) is 32.2. The van der Waals surface area contributed by atoms with Crippen molar-refractivity contribution < 1.29 is 32.5 Å². The molecule has 16 heteroatoms. The number of nitrogens with zero attached hydrogens (tertiary/aromatic N) is 6. The summed E-state index contributed by atoms with van der Waals surface area (Å²) in [6.45, 7) is 7.80. The van der Waals surface area contributed by atoms with Crippen molar-refractivity contribution in [3.05, 3.63) is 358 Å². The van der Waals surface area contributed by atoms with Gasteiger partial charge in [-0.25, -0.2) is 0 Å². The average molecular weight is 1700 g/mol. The topological polar surface area (TPSA) is 108 Å². The average Bonchev–Trinajstić information content (AvgIpc) is 0.866.